The summed E-state index contributed by atoms with van der Waals surface area (Å²) in [5.41, 5.74) is 0.672. The van der Waals surface area contributed by atoms with Gasteiger partial charge >= 0.3 is 5.97 Å². The van der Waals surface area contributed by atoms with E-state index in [1.54, 1.807) is 6.92 Å². The van der Waals surface area contributed by atoms with Gasteiger partial charge in [-0.1, -0.05) is 13.8 Å². The first-order valence-corrected chi connectivity index (χ1v) is 12.8. The van der Waals surface area contributed by atoms with Crippen LogP contribution in [0.4, 0.5) is 0 Å². The van der Waals surface area contributed by atoms with Gasteiger partial charge in [0, 0.05) is 18.9 Å². The van der Waals surface area contributed by atoms with Crippen molar-refractivity contribution >= 4 is 5.97 Å². The van der Waals surface area contributed by atoms with Crippen molar-refractivity contribution in [3.05, 3.63) is 0 Å². The summed E-state index contributed by atoms with van der Waals surface area (Å²) >= 11 is 0. The minimum atomic E-state index is -0.0973. The SMILES string of the molecule is CC(=O)O[C@H]1CC[C@@H]2[C@H]3CC[C@H]4C[C@@H](O[C@@H]5CCCCO5)CC[C@]4(C)[C@@H]3CC[C@]12C. The molecule has 170 valence electrons. The lowest BCUT2D eigenvalue weighted by atomic mass is 9.45. The number of carbonyl (C=O) groups excluding carboxylic acids is 1. The van der Waals surface area contributed by atoms with Gasteiger partial charge in [-0.3, -0.25) is 4.79 Å². The summed E-state index contributed by atoms with van der Waals surface area (Å²) in [5.74, 6) is 3.11. The summed E-state index contributed by atoms with van der Waals surface area (Å²) in [6, 6.07) is 0. The van der Waals surface area contributed by atoms with Gasteiger partial charge in [-0.2, -0.15) is 0 Å². The van der Waals surface area contributed by atoms with Crippen molar-refractivity contribution in [3.63, 3.8) is 0 Å². The smallest absolute Gasteiger partial charge is 0.302 e. The molecule has 1 aliphatic heterocycles. The number of esters is 1. The fourth-order valence-electron chi connectivity index (χ4n) is 8.72. The Kier molecular flexibility index (Phi) is 5.71. The van der Waals surface area contributed by atoms with Crippen LogP contribution in [0.3, 0.4) is 0 Å². The van der Waals surface area contributed by atoms with Gasteiger partial charge in [0.05, 0.1) is 6.10 Å². The van der Waals surface area contributed by atoms with Crippen LogP contribution in [0.5, 0.6) is 0 Å². The number of hydrogen-bond acceptors (Lipinski definition) is 4. The highest BCUT2D eigenvalue weighted by molar-refractivity contribution is 5.66. The molecule has 0 N–H and O–H groups in total. The number of ether oxygens (including phenoxy) is 3. The molecule has 5 aliphatic rings. The van der Waals surface area contributed by atoms with Gasteiger partial charge in [-0.15, -0.1) is 0 Å². The van der Waals surface area contributed by atoms with E-state index in [-0.39, 0.29) is 23.8 Å². The molecule has 4 nitrogen and oxygen atoms in total. The van der Waals surface area contributed by atoms with Crippen LogP contribution in [0.25, 0.3) is 0 Å². The van der Waals surface area contributed by atoms with Crippen LogP contribution in [-0.2, 0) is 19.0 Å². The van der Waals surface area contributed by atoms with Gasteiger partial charge in [-0.05, 0) is 106 Å². The third-order valence-electron chi connectivity index (χ3n) is 10.3. The highest BCUT2D eigenvalue weighted by atomic mass is 16.7. The molecule has 1 heterocycles. The summed E-state index contributed by atoms with van der Waals surface area (Å²) in [4.78, 5) is 11.7. The molecule has 1 saturated heterocycles. The molecule has 0 radical (unpaired) electrons. The molecule has 30 heavy (non-hydrogen) atoms. The first kappa shape index (κ1) is 21.2. The minimum Gasteiger partial charge on any atom is -0.462 e. The van der Waals surface area contributed by atoms with Crippen LogP contribution in [-0.4, -0.2) is 31.1 Å². The Morgan fingerprint density at radius 3 is 2.47 bits per heavy atom. The van der Waals surface area contributed by atoms with Crippen LogP contribution in [0.1, 0.15) is 97.8 Å². The Bertz CT molecular complexity index is 643. The first-order chi connectivity index (χ1) is 14.4. The second-order valence-corrected chi connectivity index (χ2v) is 11.7. The maximum Gasteiger partial charge on any atom is 0.302 e. The molecule has 0 aromatic rings. The first-order valence-electron chi connectivity index (χ1n) is 12.8. The van der Waals surface area contributed by atoms with Crippen molar-refractivity contribution in [1.82, 2.24) is 0 Å². The molecule has 4 saturated carbocycles. The molecule has 0 bridgehead atoms. The summed E-state index contributed by atoms with van der Waals surface area (Å²) in [6.45, 7) is 7.49. The van der Waals surface area contributed by atoms with Crippen LogP contribution in [0, 0.1) is 34.5 Å². The number of fused-ring (bicyclic) bond motifs is 5. The topological polar surface area (TPSA) is 44.8 Å². The molecular formula is C26H42O4. The average molecular weight is 419 g/mol. The molecule has 0 aromatic carbocycles. The van der Waals surface area contributed by atoms with Crippen LogP contribution < -0.4 is 0 Å². The van der Waals surface area contributed by atoms with E-state index in [1.807, 2.05) is 0 Å². The second-order valence-electron chi connectivity index (χ2n) is 11.7. The maximum atomic E-state index is 11.7. The summed E-state index contributed by atoms with van der Waals surface area (Å²) in [5, 5.41) is 0. The zero-order chi connectivity index (χ0) is 20.9. The molecule has 9 atom stereocenters. The average Bonchev–Trinajstić information content (AvgIpc) is 3.05. The monoisotopic (exact) mass is 418 g/mol. The van der Waals surface area contributed by atoms with Crippen molar-refractivity contribution in [1.29, 1.82) is 0 Å². The highest BCUT2D eigenvalue weighted by Gasteiger charge is 2.61. The molecule has 0 unspecified atom stereocenters. The third-order valence-corrected chi connectivity index (χ3v) is 10.3. The fraction of sp³-hybridized carbons (Fsp3) is 0.962. The van der Waals surface area contributed by atoms with Gasteiger partial charge in [0.1, 0.15) is 6.10 Å². The lowest BCUT2D eigenvalue weighted by Gasteiger charge is -2.61. The molecule has 4 heteroatoms. The van der Waals surface area contributed by atoms with Crippen molar-refractivity contribution < 1.29 is 19.0 Å². The van der Waals surface area contributed by atoms with Crippen molar-refractivity contribution in [3.8, 4) is 0 Å². The molecule has 0 aromatic heterocycles. The lowest BCUT2D eigenvalue weighted by molar-refractivity contribution is -0.212. The van der Waals surface area contributed by atoms with E-state index >= 15 is 0 Å². The zero-order valence-electron chi connectivity index (χ0n) is 19.4. The normalized spacial score (nSPS) is 50.8. The Labute approximate surface area is 182 Å². The molecule has 4 aliphatic carbocycles. The van der Waals surface area contributed by atoms with Gasteiger partial charge in [-0.25, -0.2) is 0 Å². The Hall–Kier alpha value is -0.610. The highest BCUT2D eigenvalue weighted by Crippen LogP contribution is 2.66. The number of rotatable bonds is 3. The fourth-order valence-corrected chi connectivity index (χ4v) is 8.72. The number of carbonyl (C=O) groups is 1. The Balaban J connectivity index is 1.26. The Morgan fingerprint density at radius 2 is 1.70 bits per heavy atom. The molecule has 5 rings (SSSR count). The van der Waals surface area contributed by atoms with E-state index in [9.17, 15) is 4.79 Å². The van der Waals surface area contributed by atoms with Gasteiger partial charge in [0.25, 0.3) is 0 Å². The van der Waals surface area contributed by atoms with Crippen LogP contribution in [0.15, 0.2) is 0 Å². The van der Waals surface area contributed by atoms with Crippen LogP contribution in [0.2, 0.25) is 0 Å². The Morgan fingerprint density at radius 1 is 0.900 bits per heavy atom. The molecule has 5 fully saturated rings. The van der Waals surface area contributed by atoms with Crippen molar-refractivity contribution in [2.45, 2.75) is 116 Å². The molecule has 0 amide bonds. The standard InChI is InChI=1S/C26H42O4/c1-17(27)29-23-10-9-21-20-8-7-18-16-19(30-24-6-4-5-15-28-24)11-13-25(18,2)22(20)12-14-26(21,23)3/h18-24H,4-16H2,1-3H3/t18-,19-,20+,21+,22+,23-,24+,25-,26-/m0/s1. The maximum absolute atomic E-state index is 11.7. The molecular weight excluding hydrogens is 376 g/mol. The number of hydrogen-bond donors (Lipinski definition) is 0. The van der Waals surface area contributed by atoms with E-state index in [4.69, 9.17) is 14.2 Å². The van der Waals surface area contributed by atoms with Gasteiger partial charge in [0.2, 0.25) is 0 Å². The van der Waals surface area contributed by atoms with E-state index in [0.29, 0.717) is 11.5 Å². The summed E-state index contributed by atoms with van der Waals surface area (Å²) in [6.07, 6.45) is 15.4. The minimum absolute atomic E-state index is 0.0523. The van der Waals surface area contributed by atoms with Crippen LogP contribution >= 0.6 is 0 Å². The van der Waals surface area contributed by atoms with E-state index in [2.05, 4.69) is 13.8 Å². The zero-order valence-corrected chi connectivity index (χ0v) is 19.4. The summed E-state index contributed by atoms with van der Waals surface area (Å²) in [7, 11) is 0. The van der Waals surface area contributed by atoms with E-state index < -0.39 is 0 Å². The predicted octanol–water partition coefficient (Wildman–Crippen LogP) is 5.87. The molecule has 0 spiro atoms. The lowest BCUT2D eigenvalue weighted by Crippen LogP contribution is -2.55. The third kappa shape index (κ3) is 3.54. The van der Waals surface area contributed by atoms with E-state index in [0.717, 1.165) is 43.1 Å². The van der Waals surface area contributed by atoms with Gasteiger partial charge < -0.3 is 14.2 Å². The van der Waals surface area contributed by atoms with Crippen molar-refractivity contribution in [2.75, 3.05) is 6.61 Å². The predicted molar refractivity (Wildman–Crippen MR) is 116 cm³/mol. The van der Waals surface area contributed by atoms with Gasteiger partial charge in [0.15, 0.2) is 6.29 Å². The van der Waals surface area contributed by atoms with Crippen molar-refractivity contribution in [2.24, 2.45) is 34.5 Å². The van der Waals surface area contributed by atoms with E-state index in [1.165, 1.54) is 64.2 Å². The summed E-state index contributed by atoms with van der Waals surface area (Å²) < 4.78 is 18.1. The largest absolute Gasteiger partial charge is 0.462 e. The quantitative estimate of drug-likeness (QED) is 0.424. The second kappa shape index (κ2) is 8.06.